The number of fused-ring (bicyclic) bond motifs is 2. The number of H-pyrrole nitrogens is 1. The molecule has 1 aliphatic rings. The van der Waals surface area contributed by atoms with Gasteiger partial charge in [0.15, 0.2) is 5.69 Å². The van der Waals surface area contributed by atoms with E-state index < -0.39 is 6.04 Å². The van der Waals surface area contributed by atoms with Gasteiger partial charge in [0.2, 0.25) is 5.89 Å². The van der Waals surface area contributed by atoms with E-state index in [1.54, 1.807) is 0 Å². The number of nitrogens with two attached hydrogens (primary N) is 1. The van der Waals surface area contributed by atoms with Crippen LogP contribution in [0.5, 0.6) is 0 Å². The van der Waals surface area contributed by atoms with Crippen LogP contribution in [-0.2, 0) is 12.8 Å². The highest BCUT2D eigenvalue weighted by atomic mass is 16.3. The molecular weight excluding hydrogens is 364 g/mol. The number of aromatic amines is 1. The molecule has 0 spiro atoms. The Kier molecular flexibility index (Phi) is 4.41. The molecule has 0 aliphatic heterocycles. The summed E-state index contributed by atoms with van der Waals surface area (Å²) in [5.41, 5.74) is 11.2. The van der Waals surface area contributed by atoms with E-state index in [0.29, 0.717) is 12.3 Å². The van der Waals surface area contributed by atoms with Crippen LogP contribution in [0.25, 0.3) is 10.9 Å². The molecule has 0 radical (unpaired) electrons. The van der Waals surface area contributed by atoms with Gasteiger partial charge in [0.1, 0.15) is 6.26 Å². The molecule has 1 aliphatic carbocycles. The van der Waals surface area contributed by atoms with Crippen LogP contribution in [0.4, 0.5) is 0 Å². The molecule has 0 saturated heterocycles. The molecule has 1 amide bonds. The molecule has 2 heterocycles. The van der Waals surface area contributed by atoms with Crippen LogP contribution in [0.15, 0.2) is 65.4 Å². The number of nitrogens with zero attached hydrogens (tertiary/aromatic N) is 1. The molecule has 4 aromatic rings. The number of hydrogen-bond donors (Lipinski definition) is 3. The zero-order chi connectivity index (χ0) is 19.8. The number of hydrogen-bond acceptors (Lipinski definition) is 4. The Balaban J connectivity index is 1.28. The molecule has 0 bridgehead atoms. The van der Waals surface area contributed by atoms with E-state index in [4.69, 9.17) is 10.2 Å². The second-order valence-electron chi connectivity index (χ2n) is 7.50. The molecule has 2 atom stereocenters. The van der Waals surface area contributed by atoms with Gasteiger partial charge in [0.05, 0.1) is 12.1 Å². The maximum Gasteiger partial charge on any atom is 0.273 e. The summed E-state index contributed by atoms with van der Waals surface area (Å²) < 4.78 is 5.54. The smallest absolute Gasteiger partial charge is 0.273 e. The second-order valence-corrected chi connectivity index (χ2v) is 7.50. The second kappa shape index (κ2) is 7.22. The Hall–Kier alpha value is -3.38. The van der Waals surface area contributed by atoms with Gasteiger partial charge >= 0.3 is 0 Å². The molecule has 2 aromatic heterocycles. The highest BCUT2D eigenvalue weighted by Crippen LogP contribution is 2.31. The zero-order valence-corrected chi connectivity index (χ0v) is 15.9. The first-order valence-electron chi connectivity index (χ1n) is 9.83. The lowest BCUT2D eigenvalue weighted by atomic mass is 10.1. The van der Waals surface area contributed by atoms with Gasteiger partial charge in [-0.2, -0.15) is 0 Å². The summed E-state index contributed by atoms with van der Waals surface area (Å²) in [5.74, 6) is 0.133. The minimum atomic E-state index is -0.428. The fourth-order valence-corrected chi connectivity index (χ4v) is 4.13. The van der Waals surface area contributed by atoms with Crippen molar-refractivity contribution in [2.45, 2.75) is 31.3 Å². The highest BCUT2D eigenvalue weighted by Gasteiger charge is 2.25. The predicted octanol–water partition coefficient (Wildman–Crippen LogP) is 3.82. The fraction of sp³-hybridized carbons (Fsp3) is 0.217. The van der Waals surface area contributed by atoms with Crippen LogP contribution in [0.1, 0.15) is 51.6 Å². The summed E-state index contributed by atoms with van der Waals surface area (Å²) in [6, 6.07) is 15.9. The average molecular weight is 386 g/mol. The number of amides is 1. The first-order chi connectivity index (χ1) is 14.2. The van der Waals surface area contributed by atoms with Crippen LogP contribution in [0.3, 0.4) is 0 Å². The van der Waals surface area contributed by atoms with E-state index in [9.17, 15) is 4.79 Å². The molecule has 146 valence electrons. The molecule has 2 unspecified atom stereocenters. The van der Waals surface area contributed by atoms with E-state index in [2.05, 4.69) is 33.5 Å². The number of aryl methyl sites for hydroxylation is 1. The number of para-hydroxylation sites is 1. The van der Waals surface area contributed by atoms with E-state index in [1.807, 2.05) is 36.5 Å². The van der Waals surface area contributed by atoms with Crippen molar-refractivity contribution in [3.05, 3.63) is 89.3 Å². The van der Waals surface area contributed by atoms with E-state index in [1.165, 1.54) is 17.4 Å². The molecule has 6 nitrogen and oxygen atoms in total. The molecular formula is C23H22N4O2. The SMILES string of the molecule is NC(Cc1c[nH]c2ccccc12)c1nc(C(=O)NC2CCc3ccccc32)co1. The zero-order valence-electron chi connectivity index (χ0n) is 15.9. The van der Waals surface area contributed by atoms with Crippen molar-refractivity contribution in [1.82, 2.24) is 15.3 Å². The Labute approximate surface area is 168 Å². The fourth-order valence-electron chi connectivity index (χ4n) is 4.13. The molecule has 2 aromatic carbocycles. The molecule has 29 heavy (non-hydrogen) atoms. The maximum atomic E-state index is 12.7. The van der Waals surface area contributed by atoms with Crippen molar-refractivity contribution in [2.75, 3.05) is 0 Å². The lowest BCUT2D eigenvalue weighted by Crippen LogP contribution is -2.27. The third kappa shape index (κ3) is 3.32. The highest BCUT2D eigenvalue weighted by molar-refractivity contribution is 5.92. The van der Waals surface area contributed by atoms with E-state index in [-0.39, 0.29) is 17.6 Å². The third-order valence-electron chi connectivity index (χ3n) is 5.62. The molecule has 6 heteroatoms. The van der Waals surface area contributed by atoms with Gasteiger partial charge in [0, 0.05) is 17.1 Å². The summed E-state index contributed by atoms with van der Waals surface area (Å²) in [6.45, 7) is 0. The third-order valence-corrected chi connectivity index (χ3v) is 5.62. The summed E-state index contributed by atoms with van der Waals surface area (Å²) in [4.78, 5) is 20.3. The van der Waals surface area contributed by atoms with Gasteiger partial charge in [-0.3, -0.25) is 4.79 Å². The summed E-state index contributed by atoms with van der Waals surface area (Å²) in [6.07, 6.45) is 5.79. The Bertz CT molecular complexity index is 1180. The summed E-state index contributed by atoms with van der Waals surface area (Å²) in [7, 11) is 0. The van der Waals surface area contributed by atoms with Crippen LogP contribution in [0, 0.1) is 0 Å². The van der Waals surface area contributed by atoms with Crippen LogP contribution < -0.4 is 11.1 Å². The molecule has 4 N–H and O–H groups in total. The van der Waals surface area contributed by atoms with Gasteiger partial charge in [-0.05, 0) is 42.0 Å². The van der Waals surface area contributed by atoms with Crippen LogP contribution in [-0.4, -0.2) is 15.9 Å². The predicted molar refractivity (Wildman–Crippen MR) is 110 cm³/mol. The van der Waals surface area contributed by atoms with Gasteiger partial charge < -0.3 is 20.5 Å². The molecule has 0 fully saturated rings. The summed E-state index contributed by atoms with van der Waals surface area (Å²) >= 11 is 0. The number of nitrogens with one attached hydrogen (secondary N) is 2. The monoisotopic (exact) mass is 386 g/mol. The number of rotatable bonds is 5. The van der Waals surface area contributed by atoms with Gasteiger partial charge in [-0.25, -0.2) is 4.98 Å². The van der Waals surface area contributed by atoms with E-state index >= 15 is 0 Å². The standard InChI is InChI=1S/C23H22N4O2/c24-18(11-15-12-25-19-8-4-3-7-17(15)19)23-27-21(13-29-23)22(28)26-20-10-9-14-5-1-2-6-16(14)20/h1-8,12-13,18,20,25H,9-11,24H2,(H,26,28). The van der Waals surface area contributed by atoms with Crippen molar-refractivity contribution in [3.8, 4) is 0 Å². The van der Waals surface area contributed by atoms with Gasteiger partial charge in [-0.15, -0.1) is 0 Å². The van der Waals surface area contributed by atoms with Crippen molar-refractivity contribution in [2.24, 2.45) is 5.73 Å². The van der Waals surface area contributed by atoms with Gasteiger partial charge in [-0.1, -0.05) is 42.5 Å². The molecule has 0 saturated carbocycles. The van der Waals surface area contributed by atoms with Crippen molar-refractivity contribution >= 4 is 16.8 Å². The normalized spacial score (nSPS) is 16.7. The van der Waals surface area contributed by atoms with Crippen molar-refractivity contribution in [1.29, 1.82) is 0 Å². The van der Waals surface area contributed by atoms with E-state index in [0.717, 1.165) is 29.3 Å². The quantitative estimate of drug-likeness (QED) is 0.486. The lowest BCUT2D eigenvalue weighted by molar-refractivity contribution is 0.0931. The number of aromatic nitrogens is 2. The Morgan fingerprint density at radius 2 is 2.07 bits per heavy atom. The largest absolute Gasteiger partial charge is 0.446 e. The number of benzene rings is 2. The molecule has 5 rings (SSSR count). The van der Waals surface area contributed by atoms with Crippen LogP contribution >= 0.6 is 0 Å². The first-order valence-corrected chi connectivity index (χ1v) is 9.83. The van der Waals surface area contributed by atoms with Crippen molar-refractivity contribution in [3.63, 3.8) is 0 Å². The number of oxazole rings is 1. The topological polar surface area (TPSA) is 96.9 Å². The lowest BCUT2D eigenvalue weighted by Gasteiger charge is -2.12. The number of carbonyl (C=O) groups excluding carboxylic acids is 1. The Morgan fingerprint density at radius 3 is 3.00 bits per heavy atom. The van der Waals surface area contributed by atoms with Gasteiger partial charge in [0.25, 0.3) is 5.91 Å². The summed E-state index contributed by atoms with van der Waals surface area (Å²) in [5, 5.41) is 4.20. The van der Waals surface area contributed by atoms with Crippen molar-refractivity contribution < 1.29 is 9.21 Å². The minimum Gasteiger partial charge on any atom is -0.446 e. The Morgan fingerprint density at radius 1 is 1.24 bits per heavy atom. The first kappa shape index (κ1) is 17.7. The maximum absolute atomic E-state index is 12.7. The number of carbonyl (C=O) groups is 1. The average Bonchev–Trinajstić information content (AvgIpc) is 3.47. The van der Waals surface area contributed by atoms with Crippen LogP contribution in [0.2, 0.25) is 0 Å². The minimum absolute atomic E-state index is 0.0127.